The number of hydrogen-bond donors (Lipinski definition) is 7. The summed E-state index contributed by atoms with van der Waals surface area (Å²) in [7, 11) is 0. The topological polar surface area (TPSA) is 160 Å². The zero-order valence-corrected chi connectivity index (χ0v) is 12.8. The number of rotatable bonds is 6. The SMILES string of the molecule is OC[C@H]1O[C@@H](OCCCc2cc(O)c(O)c(O)c2)[C@H](O)[C@@H](O)[C@@H]1O. The Labute approximate surface area is 137 Å². The number of hydrogen-bond acceptors (Lipinski definition) is 9. The van der Waals surface area contributed by atoms with Crippen LogP contribution in [-0.4, -0.2) is 79.7 Å². The van der Waals surface area contributed by atoms with E-state index in [2.05, 4.69) is 0 Å². The highest BCUT2D eigenvalue weighted by molar-refractivity contribution is 5.51. The van der Waals surface area contributed by atoms with Gasteiger partial charge in [0.15, 0.2) is 23.5 Å². The van der Waals surface area contributed by atoms with Gasteiger partial charge in [0.05, 0.1) is 13.2 Å². The third-order valence-electron chi connectivity index (χ3n) is 3.87. The van der Waals surface area contributed by atoms with Crippen molar-refractivity contribution in [1.29, 1.82) is 0 Å². The van der Waals surface area contributed by atoms with Crippen molar-refractivity contribution in [2.45, 2.75) is 43.5 Å². The summed E-state index contributed by atoms with van der Waals surface area (Å²) in [5, 5.41) is 66.3. The minimum absolute atomic E-state index is 0.116. The molecule has 0 spiro atoms. The summed E-state index contributed by atoms with van der Waals surface area (Å²) in [6.45, 7) is -0.415. The molecule has 0 unspecified atom stereocenters. The van der Waals surface area contributed by atoms with E-state index in [1.807, 2.05) is 0 Å². The molecule has 0 radical (unpaired) electrons. The van der Waals surface area contributed by atoms with Crippen molar-refractivity contribution in [3.05, 3.63) is 17.7 Å². The van der Waals surface area contributed by atoms with Gasteiger partial charge in [-0.3, -0.25) is 0 Å². The molecular formula is C15H22O9. The van der Waals surface area contributed by atoms with Gasteiger partial charge in [-0.05, 0) is 30.5 Å². The van der Waals surface area contributed by atoms with Crippen LogP contribution in [0.2, 0.25) is 0 Å². The number of phenols is 3. The smallest absolute Gasteiger partial charge is 0.200 e. The van der Waals surface area contributed by atoms with E-state index in [9.17, 15) is 30.6 Å². The lowest BCUT2D eigenvalue weighted by Crippen LogP contribution is -2.59. The lowest BCUT2D eigenvalue weighted by Gasteiger charge is -2.39. The summed E-state index contributed by atoms with van der Waals surface area (Å²) in [5.41, 5.74) is 0.570. The lowest BCUT2D eigenvalue weighted by atomic mass is 9.99. The number of ether oxygens (including phenoxy) is 2. The first-order valence-electron chi connectivity index (χ1n) is 7.51. The van der Waals surface area contributed by atoms with Crippen LogP contribution in [0.4, 0.5) is 0 Å². The van der Waals surface area contributed by atoms with Gasteiger partial charge in [-0.2, -0.15) is 0 Å². The second kappa shape index (κ2) is 7.97. The van der Waals surface area contributed by atoms with Crippen LogP contribution in [0.5, 0.6) is 17.2 Å². The molecule has 5 atom stereocenters. The molecule has 1 fully saturated rings. The maximum atomic E-state index is 9.81. The summed E-state index contributed by atoms with van der Waals surface area (Å²) in [5.74, 6) is -1.45. The fourth-order valence-electron chi connectivity index (χ4n) is 2.49. The van der Waals surface area contributed by atoms with Gasteiger partial charge < -0.3 is 45.2 Å². The minimum atomic E-state index is -1.49. The molecule has 0 saturated carbocycles. The fraction of sp³-hybridized carbons (Fsp3) is 0.600. The van der Waals surface area contributed by atoms with E-state index >= 15 is 0 Å². The van der Waals surface area contributed by atoms with Crippen molar-refractivity contribution in [2.75, 3.05) is 13.2 Å². The molecule has 9 nitrogen and oxygen atoms in total. The van der Waals surface area contributed by atoms with Crippen LogP contribution in [0.25, 0.3) is 0 Å². The van der Waals surface area contributed by atoms with Crippen LogP contribution in [0.3, 0.4) is 0 Å². The number of aliphatic hydroxyl groups is 4. The highest BCUT2D eigenvalue weighted by Gasteiger charge is 2.43. The number of aryl methyl sites for hydroxylation is 1. The van der Waals surface area contributed by atoms with Gasteiger partial charge in [0, 0.05) is 0 Å². The molecule has 7 N–H and O–H groups in total. The normalized spacial score (nSPS) is 30.4. The molecule has 1 aromatic rings. The second-order valence-corrected chi connectivity index (χ2v) is 5.65. The Morgan fingerprint density at radius 2 is 1.58 bits per heavy atom. The first-order chi connectivity index (χ1) is 11.3. The Hall–Kier alpha value is -1.62. The van der Waals surface area contributed by atoms with E-state index < -0.39 is 54.6 Å². The van der Waals surface area contributed by atoms with Crippen molar-refractivity contribution >= 4 is 0 Å². The lowest BCUT2D eigenvalue weighted by molar-refractivity contribution is -0.301. The minimum Gasteiger partial charge on any atom is -0.504 e. The maximum absolute atomic E-state index is 9.81. The largest absolute Gasteiger partial charge is 0.504 e. The van der Waals surface area contributed by atoms with Crippen LogP contribution >= 0.6 is 0 Å². The van der Waals surface area contributed by atoms with E-state index in [0.29, 0.717) is 18.4 Å². The van der Waals surface area contributed by atoms with E-state index in [4.69, 9.17) is 14.6 Å². The Kier molecular flexibility index (Phi) is 6.21. The summed E-state index contributed by atoms with van der Waals surface area (Å²) in [6, 6.07) is 2.62. The first kappa shape index (κ1) is 18.7. The van der Waals surface area contributed by atoms with Gasteiger partial charge in [0.2, 0.25) is 0 Å². The average Bonchev–Trinajstić information content (AvgIpc) is 2.56. The van der Waals surface area contributed by atoms with Gasteiger partial charge in [-0.15, -0.1) is 0 Å². The zero-order valence-electron chi connectivity index (χ0n) is 12.8. The van der Waals surface area contributed by atoms with Gasteiger partial charge in [-0.25, -0.2) is 0 Å². The predicted molar refractivity (Wildman–Crippen MR) is 79.5 cm³/mol. The van der Waals surface area contributed by atoms with Crippen molar-refractivity contribution in [2.24, 2.45) is 0 Å². The zero-order chi connectivity index (χ0) is 17.9. The molecule has 2 rings (SSSR count). The van der Waals surface area contributed by atoms with Gasteiger partial charge in [0.25, 0.3) is 0 Å². The second-order valence-electron chi connectivity index (χ2n) is 5.65. The van der Waals surface area contributed by atoms with Gasteiger partial charge >= 0.3 is 0 Å². The van der Waals surface area contributed by atoms with Crippen molar-refractivity contribution in [3.63, 3.8) is 0 Å². The van der Waals surface area contributed by atoms with E-state index in [1.54, 1.807) is 0 Å². The summed E-state index contributed by atoms with van der Waals surface area (Å²) in [4.78, 5) is 0. The Morgan fingerprint density at radius 1 is 0.958 bits per heavy atom. The average molecular weight is 346 g/mol. The van der Waals surface area contributed by atoms with Crippen LogP contribution in [0.1, 0.15) is 12.0 Å². The first-order valence-corrected chi connectivity index (χ1v) is 7.51. The Bertz CT molecular complexity index is 525. The fourth-order valence-corrected chi connectivity index (χ4v) is 2.49. The number of aromatic hydroxyl groups is 3. The molecule has 24 heavy (non-hydrogen) atoms. The quantitative estimate of drug-likeness (QED) is 0.241. The highest BCUT2D eigenvalue weighted by atomic mass is 16.7. The third kappa shape index (κ3) is 4.07. The molecule has 1 aliphatic heterocycles. The Balaban J connectivity index is 1.83. The van der Waals surface area contributed by atoms with Crippen LogP contribution in [0, 0.1) is 0 Å². The van der Waals surface area contributed by atoms with Crippen LogP contribution in [-0.2, 0) is 15.9 Å². The standard InChI is InChI=1S/C15H22O9/c16-6-10-12(20)13(21)14(22)15(24-10)23-3-1-2-7-4-8(17)11(19)9(18)5-7/h4-5,10,12-22H,1-3,6H2/t10-,12-,13+,14-,15-/m1/s1. The number of phenolic OH excluding ortho intramolecular Hbond substituents is 3. The third-order valence-corrected chi connectivity index (χ3v) is 3.87. The van der Waals surface area contributed by atoms with Crippen LogP contribution in [0.15, 0.2) is 12.1 Å². The number of aliphatic hydroxyl groups excluding tert-OH is 4. The molecule has 136 valence electrons. The number of benzene rings is 1. The molecule has 0 aliphatic carbocycles. The molecule has 1 saturated heterocycles. The van der Waals surface area contributed by atoms with E-state index in [-0.39, 0.29) is 6.61 Å². The monoisotopic (exact) mass is 346 g/mol. The van der Waals surface area contributed by atoms with Crippen molar-refractivity contribution in [3.8, 4) is 17.2 Å². The molecule has 1 aliphatic rings. The Morgan fingerprint density at radius 3 is 2.17 bits per heavy atom. The van der Waals surface area contributed by atoms with Gasteiger partial charge in [-0.1, -0.05) is 0 Å². The molecule has 0 aromatic heterocycles. The maximum Gasteiger partial charge on any atom is 0.200 e. The summed E-state index contributed by atoms with van der Waals surface area (Å²) in [6.07, 6.45) is -5.77. The summed E-state index contributed by atoms with van der Waals surface area (Å²) < 4.78 is 10.5. The van der Waals surface area contributed by atoms with Crippen molar-refractivity contribution in [1.82, 2.24) is 0 Å². The van der Waals surface area contributed by atoms with E-state index in [0.717, 1.165) is 0 Å². The van der Waals surface area contributed by atoms with Crippen LogP contribution < -0.4 is 0 Å². The summed E-state index contributed by atoms with van der Waals surface area (Å²) >= 11 is 0. The molecule has 1 heterocycles. The molecule has 0 amide bonds. The van der Waals surface area contributed by atoms with E-state index in [1.165, 1.54) is 12.1 Å². The molecule has 9 heteroatoms. The predicted octanol–water partition coefficient (Wildman–Crippen LogP) is -1.45. The van der Waals surface area contributed by atoms with Crippen molar-refractivity contribution < 1.29 is 45.2 Å². The highest BCUT2D eigenvalue weighted by Crippen LogP contribution is 2.35. The molecule has 0 bridgehead atoms. The molecular weight excluding hydrogens is 324 g/mol. The molecule has 1 aromatic carbocycles. The van der Waals surface area contributed by atoms with Gasteiger partial charge in [0.1, 0.15) is 24.4 Å².